The van der Waals surface area contributed by atoms with Crippen LogP contribution < -0.4 is 15.4 Å². The lowest BCUT2D eigenvalue weighted by Crippen LogP contribution is -2.38. The van der Waals surface area contributed by atoms with Crippen LogP contribution in [0.25, 0.3) is 0 Å². The highest BCUT2D eigenvalue weighted by Crippen LogP contribution is 2.12. The van der Waals surface area contributed by atoms with Crippen molar-refractivity contribution in [3.63, 3.8) is 0 Å². The molecule has 0 spiro atoms. The van der Waals surface area contributed by atoms with Crippen molar-refractivity contribution in [2.75, 3.05) is 20.1 Å². The SMILES string of the molecule is CCNC(=NCc1cccc(S(=O)(=O)NC)c1)NCCc1cccs1. The van der Waals surface area contributed by atoms with Crippen LogP contribution in [-0.4, -0.2) is 34.5 Å². The van der Waals surface area contributed by atoms with Crippen molar-refractivity contribution in [3.8, 4) is 0 Å². The molecule has 1 heterocycles. The van der Waals surface area contributed by atoms with Gasteiger partial charge in [-0.1, -0.05) is 18.2 Å². The molecule has 0 fully saturated rings. The van der Waals surface area contributed by atoms with Crippen LogP contribution in [-0.2, 0) is 23.0 Å². The molecule has 3 N–H and O–H groups in total. The summed E-state index contributed by atoms with van der Waals surface area (Å²) < 4.78 is 26.1. The number of hydrogen-bond acceptors (Lipinski definition) is 4. The average molecular weight is 381 g/mol. The van der Waals surface area contributed by atoms with Gasteiger partial charge in [0.05, 0.1) is 11.4 Å². The van der Waals surface area contributed by atoms with E-state index < -0.39 is 10.0 Å². The molecular formula is C17H24N4O2S2. The summed E-state index contributed by atoms with van der Waals surface area (Å²) in [5.74, 6) is 0.723. The molecule has 0 atom stereocenters. The van der Waals surface area contributed by atoms with Crippen LogP contribution in [0.5, 0.6) is 0 Å². The maximum absolute atomic E-state index is 11.9. The van der Waals surface area contributed by atoms with Crippen LogP contribution in [0, 0.1) is 0 Å². The Labute approximate surface area is 153 Å². The molecule has 0 aliphatic carbocycles. The molecule has 0 amide bonds. The second-order valence-electron chi connectivity index (χ2n) is 5.31. The summed E-state index contributed by atoms with van der Waals surface area (Å²) in [7, 11) is -2.03. The summed E-state index contributed by atoms with van der Waals surface area (Å²) in [5.41, 5.74) is 0.840. The molecule has 1 aromatic carbocycles. The predicted molar refractivity (Wildman–Crippen MR) is 104 cm³/mol. The molecule has 136 valence electrons. The predicted octanol–water partition coefficient (Wildman–Crippen LogP) is 1.95. The Kier molecular flexibility index (Phi) is 7.42. The smallest absolute Gasteiger partial charge is 0.240 e. The Morgan fingerprint density at radius 3 is 2.72 bits per heavy atom. The normalized spacial score (nSPS) is 12.2. The van der Waals surface area contributed by atoms with Crippen LogP contribution in [0.15, 0.2) is 51.7 Å². The fourth-order valence-corrected chi connectivity index (χ4v) is 3.71. The fraction of sp³-hybridized carbons (Fsp3) is 0.353. The van der Waals surface area contributed by atoms with E-state index in [9.17, 15) is 8.42 Å². The van der Waals surface area contributed by atoms with E-state index in [0.717, 1.165) is 31.0 Å². The van der Waals surface area contributed by atoms with Crippen LogP contribution in [0.1, 0.15) is 17.4 Å². The molecule has 0 radical (unpaired) electrons. The van der Waals surface area contributed by atoms with Crippen molar-refractivity contribution in [2.45, 2.75) is 24.8 Å². The van der Waals surface area contributed by atoms with Crippen LogP contribution in [0.4, 0.5) is 0 Å². The minimum atomic E-state index is -3.44. The van der Waals surface area contributed by atoms with E-state index in [2.05, 4.69) is 31.8 Å². The van der Waals surface area contributed by atoms with Crippen molar-refractivity contribution in [2.24, 2.45) is 4.99 Å². The van der Waals surface area contributed by atoms with E-state index in [4.69, 9.17) is 0 Å². The van der Waals surface area contributed by atoms with E-state index >= 15 is 0 Å². The molecule has 8 heteroatoms. The zero-order chi connectivity index (χ0) is 18.1. The molecule has 2 aromatic rings. The Morgan fingerprint density at radius 1 is 1.20 bits per heavy atom. The van der Waals surface area contributed by atoms with Crippen molar-refractivity contribution >= 4 is 27.3 Å². The lowest BCUT2D eigenvalue weighted by atomic mass is 10.2. The molecule has 1 aromatic heterocycles. The van der Waals surface area contributed by atoms with Gasteiger partial charge in [0.25, 0.3) is 0 Å². The van der Waals surface area contributed by atoms with E-state index in [1.54, 1.807) is 29.5 Å². The van der Waals surface area contributed by atoms with Gasteiger partial charge in [0, 0.05) is 18.0 Å². The first-order valence-corrected chi connectivity index (χ1v) is 10.5. The number of hydrogen-bond donors (Lipinski definition) is 3. The molecular weight excluding hydrogens is 356 g/mol. The first-order valence-electron chi connectivity index (χ1n) is 8.12. The van der Waals surface area contributed by atoms with E-state index in [0.29, 0.717) is 6.54 Å². The summed E-state index contributed by atoms with van der Waals surface area (Å²) in [5, 5.41) is 8.57. The standard InChI is InChI=1S/C17H24N4O2S2/c1-3-19-17(20-10-9-15-7-5-11-24-15)21-13-14-6-4-8-16(12-14)25(22,23)18-2/h4-8,11-12,18H,3,9-10,13H2,1-2H3,(H2,19,20,21). The summed E-state index contributed by atoms with van der Waals surface area (Å²) in [6.45, 7) is 3.97. The van der Waals surface area contributed by atoms with E-state index in [-0.39, 0.29) is 4.90 Å². The van der Waals surface area contributed by atoms with Gasteiger partial charge in [-0.25, -0.2) is 18.1 Å². The Balaban J connectivity index is 1.99. The molecule has 0 saturated heterocycles. The van der Waals surface area contributed by atoms with Crippen molar-refractivity contribution in [1.29, 1.82) is 0 Å². The number of thiophene rings is 1. The summed E-state index contributed by atoms with van der Waals surface area (Å²) in [4.78, 5) is 6.11. The molecule has 0 unspecified atom stereocenters. The monoisotopic (exact) mass is 380 g/mol. The van der Waals surface area contributed by atoms with E-state index in [1.165, 1.54) is 11.9 Å². The van der Waals surface area contributed by atoms with Crippen LogP contribution >= 0.6 is 11.3 Å². The number of nitrogens with one attached hydrogen (secondary N) is 3. The zero-order valence-corrected chi connectivity index (χ0v) is 16.1. The molecule has 0 aliphatic heterocycles. The largest absolute Gasteiger partial charge is 0.357 e. The van der Waals surface area contributed by atoms with Crippen LogP contribution in [0.2, 0.25) is 0 Å². The number of aliphatic imine (C=N–C) groups is 1. The highest BCUT2D eigenvalue weighted by molar-refractivity contribution is 7.89. The first-order chi connectivity index (χ1) is 12.0. The van der Waals surface area contributed by atoms with Gasteiger partial charge in [0.15, 0.2) is 5.96 Å². The number of benzene rings is 1. The number of rotatable bonds is 8. The Bertz CT molecular complexity index is 787. The zero-order valence-electron chi connectivity index (χ0n) is 14.5. The Morgan fingerprint density at radius 2 is 2.04 bits per heavy atom. The van der Waals surface area contributed by atoms with Gasteiger partial charge in [-0.2, -0.15) is 0 Å². The number of nitrogens with zero attached hydrogens (tertiary/aromatic N) is 1. The third-order valence-corrected chi connectivity index (χ3v) is 5.83. The lowest BCUT2D eigenvalue weighted by molar-refractivity contribution is 0.588. The highest BCUT2D eigenvalue weighted by Gasteiger charge is 2.11. The van der Waals surface area contributed by atoms with Crippen LogP contribution in [0.3, 0.4) is 0 Å². The second kappa shape index (κ2) is 9.55. The molecule has 6 nitrogen and oxygen atoms in total. The van der Waals surface area contributed by atoms with Gasteiger partial charge in [-0.15, -0.1) is 11.3 Å². The van der Waals surface area contributed by atoms with Crippen molar-refractivity contribution in [1.82, 2.24) is 15.4 Å². The van der Waals surface area contributed by atoms with Crippen molar-refractivity contribution < 1.29 is 8.42 Å². The third kappa shape index (κ3) is 6.15. The second-order valence-corrected chi connectivity index (χ2v) is 8.23. The van der Waals surface area contributed by atoms with Gasteiger partial charge in [0.2, 0.25) is 10.0 Å². The summed E-state index contributed by atoms with van der Waals surface area (Å²) in [6.07, 6.45) is 0.942. The first kappa shape index (κ1) is 19.4. The quantitative estimate of drug-likeness (QED) is 0.483. The average Bonchev–Trinajstić information content (AvgIpc) is 3.13. The molecule has 0 bridgehead atoms. The fourth-order valence-electron chi connectivity index (χ4n) is 2.20. The number of guanidine groups is 1. The Hall–Kier alpha value is -1.90. The van der Waals surface area contributed by atoms with E-state index in [1.807, 2.05) is 19.1 Å². The van der Waals surface area contributed by atoms with Gasteiger partial charge < -0.3 is 10.6 Å². The van der Waals surface area contributed by atoms with Crippen molar-refractivity contribution in [3.05, 3.63) is 52.2 Å². The highest BCUT2D eigenvalue weighted by atomic mass is 32.2. The maximum Gasteiger partial charge on any atom is 0.240 e. The third-order valence-electron chi connectivity index (χ3n) is 3.49. The van der Waals surface area contributed by atoms with Gasteiger partial charge in [-0.3, -0.25) is 0 Å². The van der Waals surface area contributed by atoms with Gasteiger partial charge >= 0.3 is 0 Å². The molecule has 0 aliphatic rings. The minimum absolute atomic E-state index is 0.248. The molecule has 25 heavy (non-hydrogen) atoms. The van der Waals surface area contributed by atoms with Gasteiger partial charge in [-0.05, 0) is 49.5 Å². The number of sulfonamides is 1. The topological polar surface area (TPSA) is 82.6 Å². The lowest BCUT2D eigenvalue weighted by Gasteiger charge is -2.11. The molecule has 0 saturated carbocycles. The van der Waals surface area contributed by atoms with Gasteiger partial charge in [0.1, 0.15) is 0 Å². The summed E-state index contributed by atoms with van der Waals surface area (Å²) >= 11 is 1.74. The maximum atomic E-state index is 11.9. The summed E-state index contributed by atoms with van der Waals surface area (Å²) in [6, 6.07) is 11.0. The minimum Gasteiger partial charge on any atom is -0.357 e. The molecule has 2 rings (SSSR count).